The smallest absolute Gasteiger partial charge is 0.0334 e. The summed E-state index contributed by atoms with van der Waals surface area (Å²) in [5, 5.41) is 3.93. The quantitative estimate of drug-likeness (QED) is 0.721. The lowest BCUT2D eigenvalue weighted by molar-refractivity contribution is 0.0205. The molecule has 0 aromatic heterocycles. The molecule has 0 spiro atoms. The molecule has 2 unspecified atom stereocenters. The fourth-order valence-corrected chi connectivity index (χ4v) is 4.80. The average molecular weight is 295 g/mol. The van der Waals surface area contributed by atoms with Crippen LogP contribution in [0.15, 0.2) is 0 Å². The average Bonchev–Trinajstić information content (AvgIpc) is 2.82. The van der Waals surface area contributed by atoms with Crippen LogP contribution in [0.1, 0.15) is 85.0 Å². The number of likely N-dealkylation sites (tertiary alicyclic amines) is 1. The van der Waals surface area contributed by atoms with Crippen LogP contribution < -0.4 is 5.32 Å². The van der Waals surface area contributed by atoms with Crippen molar-refractivity contribution in [1.29, 1.82) is 0 Å². The van der Waals surface area contributed by atoms with E-state index in [1.165, 1.54) is 77.3 Å². The first-order chi connectivity index (χ1) is 10.2. The Balaban J connectivity index is 2.14. The van der Waals surface area contributed by atoms with Crippen molar-refractivity contribution in [3.8, 4) is 0 Å². The van der Waals surface area contributed by atoms with Crippen molar-refractivity contribution in [2.24, 2.45) is 5.92 Å². The summed E-state index contributed by atoms with van der Waals surface area (Å²) in [5.41, 5.74) is 0.353. The summed E-state index contributed by atoms with van der Waals surface area (Å²) in [6.07, 6.45) is 14.2. The molecule has 1 aliphatic heterocycles. The number of piperidine rings is 1. The molecule has 1 aliphatic carbocycles. The maximum atomic E-state index is 3.93. The molecule has 0 aromatic rings. The zero-order valence-corrected chi connectivity index (χ0v) is 14.8. The zero-order valence-electron chi connectivity index (χ0n) is 14.8. The minimum absolute atomic E-state index is 0.353. The number of hydrogen-bond donors (Lipinski definition) is 1. The van der Waals surface area contributed by atoms with E-state index in [0.717, 1.165) is 12.5 Å². The number of likely N-dealkylation sites (N-methyl/N-ethyl adjacent to an activating group) is 1. The van der Waals surface area contributed by atoms with Crippen LogP contribution in [0.3, 0.4) is 0 Å². The van der Waals surface area contributed by atoms with Gasteiger partial charge in [-0.3, -0.25) is 4.90 Å². The lowest BCUT2D eigenvalue weighted by atomic mass is 9.76. The van der Waals surface area contributed by atoms with Gasteiger partial charge in [-0.15, -0.1) is 0 Å². The van der Waals surface area contributed by atoms with Crippen LogP contribution in [-0.2, 0) is 0 Å². The Bertz CT molecular complexity index is 277. The molecule has 2 nitrogen and oxygen atoms in total. The van der Waals surface area contributed by atoms with Crippen molar-refractivity contribution in [2.45, 2.75) is 96.6 Å². The summed E-state index contributed by atoms with van der Waals surface area (Å²) < 4.78 is 0. The maximum Gasteiger partial charge on any atom is 0.0334 e. The van der Waals surface area contributed by atoms with Crippen LogP contribution in [0.25, 0.3) is 0 Å². The van der Waals surface area contributed by atoms with Gasteiger partial charge in [-0.2, -0.15) is 0 Å². The molecular weight excluding hydrogens is 256 g/mol. The minimum Gasteiger partial charge on any atom is -0.312 e. The topological polar surface area (TPSA) is 15.3 Å². The third kappa shape index (κ3) is 4.22. The SMILES string of the molecule is CCNC(C1CCCCCC1)C(C)(CC)N1CCCCC1. The van der Waals surface area contributed by atoms with Gasteiger partial charge < -0.3 is 5.32 Å². The molecule has 0 amide bonds. The summed E-state index contributed by atoms with van der Waals surface area (Å²) in [7, 11) is 0. The first kappa shape index (κ1) is 17.3. The Morgan fingerprint density at radius 1 is 0.952 bits per heavy atom. The van der Waals surface area contributed by atoms with E-state index in [9.17, 15) is 0 Å². The fourth-order valence-electron chi connectivity index (χ4n) is 4.80. The van der Waals surface area contributed by atoms with Gasteiger partial charge in [0.05, 0.1) is 0 Å². The number of hydrogen-bond acceptors (Lipinski definition) is 2. The Morgan fingerprint density at radius 3 is 2.05 bits per heavy atom. The van der Waals surface area contributed by atoms with Crippen molar-refractivity contribution < 1.29 is 0 Å². The van der Waals surface area contributed by atoms with Gasteiger partial charge in [0.2, 0.25) is 0 Å². The molecule has 0 bridgehead atoms. The standard InChI is InChI=1S/C19H38N2/c1-4-19(3,21-15-11-8-12-16-21)18(20-5-2)17-13-9-6-7-10-14-17/h17-18,20H,4-16H2,1-3H3. The maximum absolute atomic E-state index is 3.93. The summed E-state index contributed by atoms with van der Waals surface area (Å²) >= 11 is 0. The van der Waals surface area contributed by atoms with Gasteiger partial charge >= 0.3 is 0 Å². The number of rotatable bonds is 6. The second kappa shape index (κ2) is 8.53. The highest BCUT2D eigenvalue weighted by atomic mass is 15.2. The normalized spacial score (nSPS) is 27.0. The van der Waals surface area contributed by atoms with Gasteiger partial charge in [0.1, 0.15) is 0 Å². The van der Waals surface area contributed by atoms with Crippen LogP contribution in [-0.4, -0.2) is 36.1 Å². The molecule has 2 aliphatic rings. The van der Waals surface area contributed by atoms with Crippen molar-refractivity contribution >= 4 is 0 Å². The van der Waals surface area contributed by atoms with E-state index in [1.807, 2.05) is 0 Å². The second-order valence-electron chi connectivity index (χ2n) is 7.55. The molecule has 2 rings (SSSR count). The summed E-state index contributed by atoms with van der Waals surface area (Å²) in [4.78, 5) is 2.83. The van der Waals surface area contributed by atoms with E-state index in [1.54, 1.807) is 0 Å². The largest absolute Gasteiger partial charge is 0.312 e. The molecule has 2 atom stereocenters. The fraction of sp³-hybridized carbons (Fsp3) is 1.00. The summed E-state index contributed by atoms with van der Waals surface area (Å²) in [5.74, 6) is 0.888. The summed E-state index contributed by atoms with van der Waals surface area (Å²) in [6.45, 7) is 11.0. The van der Waals surface area contributed by atoms with Crippen molar-refractivity contribution in [3.63, 3.8) is 0 Å². The van der Waals surface area contributed by atoms with E-state index >= 15 is 0 Å². The third-order valence-corrected chi connectivity index (χ3v) is 6.26. The molecule has 0 aromatic carbocycles. The second-order valence-corrected chi connectivity index (χ2v) is 7.55. The van der Waals surface area contributed by atoms with Crippen LogP contribution in [0, 0.1) is 5.92 Å². The zero-order chi connectivity index (χ0) is 15.1. The van der Waals surface area contributed by atoms with E-state index in [-0.39, 0.29) is 0 Å². The van der Waals surface area contributed by atoms with Crippen LogP contribution >= 0.6 is 0 Å². The van der Waals surface area contributed by atoms with Crippen molar-refractivity contribution in [1.82, 2.24) is 10.2 Å². The first-order valence-corrected chi connectivity index (χ1v) is 9.70. The Morgan fingerprint density at radius 2 is 1.52 bits per heavy atom. The van der Waals surface area contributed by atoms with E-state index < -0.39 is 0 Å². The van der Waals surface area contributed by atoms with E-state index in [0.29, 0.717) is 11.6 Å². The molecule has 1 saturated heterocycles. The molecule has 1 heterocycles. The minimum atomic E-state index is 0.353. The van der Waals surface area contributed by atoms with Gasteiger partial charge in [-0.1, -0.05) is 46.0 Å². The van der Waals surface area contributed by atoms with Gasteiger partial charge in [-0.05, 0) is 64.6 Å². The molecule has 2 fully saturated rings. The third-order valence-electron chi connectivity index (χ3n) is 6.26. The first-order valence-electron chi connectivity index (χ1n) is 9.70. The lowest BCUT2D eigenvalue weighted by Gasteiger charge is -2.50. The Hall–Kier alpha value is -0.0800. The highest BCUT2D eigenvalue weighted by molar-refractivity contribution is 5.00. The molecule has 1 saturated carbocycles. The molecule has 21 heavy (non-hydrogen) atoms. The Labute approximate surface area is 133 Å². The molecule has 2 heteroatoms. The molecule has 1 N–H and O–H groups in total. The van der Waals surface area contributed by atoms with E-state index in [4.69, 9.17) is 0 Å². The molecular formula is C19H38N2. The Kier molecular flexibility index (Phi) is 7.01. The predicted octanol–water partition coefficient (Wildman–Crippen LogP) is 4.59. The van der Waals surface area contributed by atoms with Gasteiger partial charge in [0, 0.05) is 11.6 Å². The molecule has 0 radical (unpaired) electrons. The van der Waals surface area contributed by atoms with Crippen molar-refractivity contribution in [2.75, 3.05) is 19.6 Å². The monoisotopic (exact) mass is 294 g/mol. The summed E-state index contributed by atoms with van der Waals surface area (Å²) in [6, 6.07) is 0.684. The van der Waals surface area contributed by atoms with Gasteiger partial charge in [0.25, 0.3) is 0 Å². The highest BCUT2D eigenvalue weighted by Gasteiger charge is 2.41. The highest BCUT2D eigenvalue weighted by Crippen LogP contribution is 2.36. The van der Waals surface area contributed by atoms with Crippen LogP contribution in [0.5, 0.6) is 0 Å². The van der Waals surface area contributed by atoms with Crippen molar-refractivity contribution in [3.05, 3.63) is 0 Å². The van der Waals surface area contributed by atoms with Gasteiger partial charge in [0.15, 0.2) is 0 Å². The predicted molar refractivity (Wildman–Crippen MR) is 92.8 cm³/mol. The molecule has 124 valence electrons. The van der Waals surface area contributed by atoms with Crippen LogP contribution in [0.2, 0.25) is 0 Å². The van der Waals surface area contributed by atoms with Gasteiger partial charge in [-0.25, -0.2) is 0 Å². The number of nitrogens with zero attached hydrogens (tertiary/aromatic N) is 1. The van der Waals surface area contributed by atoms with Crippen LogP contribution in [0.4, 0.5) is 0 Å². The van der Waals surface area contributed by atoms with E-state index in [2.05, 4.69) is 31.0 Å². The lowest BCUT2D eigenvalue weighted by Crippen LogP contribution is -2.63. The number of nitrogens with one attached hydrogen (secondary N) is 1.